The topological polar surface area (TPSA) is 36.0 Å². The molecule has 4 rings (SSSR count). The maximum atomic E-state index is 12.9. The molecule has 2 aromatic rings. The molecule has 0 N–H and O–H groups in total. The third-order valence-electron chi connectivity index (χ3n) is 6.52. The monoisotopic (exact) mass is 407 g/mol. The van der Waals surface area contributed by atoms with E-state index in [9.17, 15) is 4.79 Å². The van der Waals surface area contributed by atoms with Crippen LogP contribution in [0.4, 0.5) is 10.5 Å². The minimum Gasteiger partial charge on any atom is -0.445 e. The molecule has 0 atom stereocenters. The quantitative estimate of drug-likeness (QED) is 0.762. The summed E-state index contributed by atoms with van der Waals surface area (Å²) in [4.78, 5) is 19.5. The van der Waals surface area contributed by atoms with Crippen LogP contribution in [0.2, 0.25) is 0 Å². The molecule has 30 heavy (non-hydrogen) atoms. The van der Waals surface area contributed by atoms with E-state index in [-0.39, 0.29) is 11.5 Å². The van der Waals surface area contributed by atoms with Gasteiger partial charge < -0.3 is 19.4 Å². The molecular weight excluding hydrogens is 374 g/mol. The summed E-state index contributed by atoms with van der Waals surface area (Å²) in [6, 6.07) is 16.7. The van der Waals surface area contributed by atoms with Crippen molar-refractivity contribution in [1.29, 1.82) is 0 Å². The number of anilines is 1. The van der Waals surface area contributed by atoms with Crippen LogP contribution in [0.1, 0.15) is 37.0 Å². The molecule has 2 heterocycles. The molecule has 0 aromatic heterocycles. The first-order chi connectivity index (χ1) is 14.4. The van der Waals surface area contributed by atoms with Crippen LogP contribution in [0.3, 0.4) is 0 Å². The Bertz CT molecular complexity index is 873. The van der Waals surface area contributed by atoms with E-state index < -0.39 is 0 Å². The fourth-order valence-electron chi connectivity index (χ4n) is 4.43. The summed E-state index contributed by atoms with van der Waals surface area (Å²) in [5, 5.41) is 0. The van der Waals surface area contributed by atoms with Gasteiger partial charge in [-0.3, -0.25) is 0 Å². The zero-order valence-electron chi connectivity index (χ0n) is 18.4. The molecule has 2 aliphatic heterocycles. The van der Waals surface area contributed by atoms with Gasteiger partial charge in [-0.05, 0) is 47.7 Å². The summed E-state index contributed by atoms with van der Waals surface area (Å²) in [6.45, 7) is 10.4. The molecule has 160 valence electrons. The van der Waals surface area contributed by atoms with Gasteiger partial charge in [0.15, 0.2) is 0 Å². The van der Waals surface area contributed by atoms with Crippen LogP contribution in [0.15, 0.2) is 48.5 Å². The highest BCUT2D eigenvalue weighted by Crippen LogP contribution is 2.36. The van der Waals surface area contributed by atoms with Crippen LogP contribution in [-0.2, 0) is 23.3 Å². The number of hydrogen-bond acceptors (Lipinski definition) is 4. The van der Waals surface area contributed by atoms with Gasteiger partial charge in [-0.25, -0.2) is 4.79 Å². The first-order valence-corrected chi connectivity index (χ1v) is 10.9. The number of carbonyl (C=O) groups is 1. The maximum absolute atomic E-state index is 12.9. The van der Waals surface area contributed by atoms with Gasteiger partial charge in [-0.15, -0.1) is 0 Å². The van der Waals surface area contributed by atoms with E-state index in [0.717, 1.165) is 38.2 Å². The van der Waals surface area contributed by atoms with Gasteiger partial charge in [-0.1, -0.05) is 50.2 Å². The van der Waals surface area contributed by atoms with Crippen LogP contribution in [-0.4, -0.2) is 55.7 Å². The third-order valence-corrected chi connectivity index (χ3v) is 6.52. The number of nitrogens with zero attached hydrogens (tertiary/aromatic N) is 3. The minimum atomic E-state index is -0.229. The Kier molecular flexibility index (Phi) is 6.00. The van der Waals surface area contributed by atoms with E-state index in [1.54, 1.807) is 0 Å². The highest BCUT2D eigenvalue weighted by atomic mass is 16.6. The summed E-state index contributed by atoms with van der Waals surface area (Å²) in [7, 11) is 2.18. The van der Waals surface area contributed by atoms with Crippen molar-refractivity contribution >= 4 is 11.8 Å². The summed E-state index contributed by atoms with van der Waals surface area (Å²) in [5.41, 5.74) is 4.89. The fraction of sp³-hybridized carbons (Fsp3) is 0.480. The summed E-state index contributed by atoms with van der Waals surface area (Å²) >= 11 is 0. The van der Waals surface area contributed by atoms with E-state index in [0.29, 0.717) is 19.7 Å². The zero-order valence-corrected chi connectivity index (χ0v) is 18.4. The van der Waals surface area contributed by atoms with Gasteiger partial charge in [0.1, 0.15) is 6.61 Å². The van der Waals surface area contributed by atoms with E-state index in [4.69, 9.17) is 4.74 Å². The lowest BCUT2D eigenvalue weighted by Crippen LogP contribution is -2.44. The molecule has 2 aromatic carbocycles. The molecular formula is C25H33N3O2. The van der Waals surface area contributed by atoms with Crippen LogP contribution in [0, 0.1) is 0 Å². The Morgan fingerprint density at radius 2 is 1.73 bits per heavy atom. The number of hydrogen-bond donors (Lipinski definition) is 0. The molecule has 5 nitrogen and oxygen atoms in total. The fourth-order valence-corrected chi connectivity index (χ4v) is 4.43. The van der Waals surface area contributed by atoms with Crippen LogP contribution >= 0.6 is 0 Å². The number of ether oxygens (including phenoxy) is 1. The number of amides is 1. The molecule has 1 fully saturated rings. The average Bonchev–Trinajstić information content (AvgIpc) is 2.89. The number of carbonyl (C=O) groups excluding carboxylic acids is 1. The Balaban J connectivity index is 1.51. The molecule has 0 bridgehead atoms. The maximum Gasteiger partial charge on any atom is 0.410 e. The van der Waals surface area contributed by atoms with Gasteiger partial charge in [0.2, 0.25) is 0 Å². The molecule has 1 amide bonds. The standard InChI is InChI=1S/C25H33N3O2/c1-25(2)11-12-28(24(29)30-19-20-7-5-4-6-8-20)18-21-17-22(9-10-23(21)25)27-15-13-26(3)14-16-27/h4-10,17H,11-16,18-19H2,1-3H3. The summed E-state index contributed by atoms with van der Waals surface area (Å²) < 4.78 is 5.64. The summed E-state index contributed by atoms with van der Waals surface area (Å²) in [6.07, 6.45) is 0.696. The lowest BCUT2D eigenvalue weighted by Gasteiger charge is -2.35. The van der Waals surface area contributed by atoms with Crippen molar-refractivity contribution < 1.29 is 9.53 Å². The van der Waals surface area contributed by atoms with Gasteiger partial charge >= 0.3 is 6.09 Å². The van der Waals surface area contributed by atoms with E-state index in [2.05, 4.69) is 48.9 Å². The molecule has 0 unspecified atom stereocenters. The van der Waals surface area contributed by atoms with Crippen molar-refractivity contribution in [2.24, 2.45) is 0 Å². The second-order valence-electron chi connectivity index (χ2n) is 9.23. The first-order valence-electron chi connectivity index (χ1n) is 10.9. The van der Waals surface area contributed by atoms with Gasteiger partial charge in [0, 0.05) is 45.0 Å². The smallest absolute Gasteiger partial charge is 0.410 e. The number of fused-ring (bicyclic) bond motifs is 1. The molecule has 1 saturated heterocycles. The first kappa shape index (κ1) is 20.7. The summed E-state index contributed by atoms with van der Waals surface area (Å²) in [5.74, 6) is 0. The van der Waals surface area contributed by atoms with Crippen LogP contribution in [0.5, 0.6) is 0 Å². The normalized spacial score (nSPS) is 19.2. The van der Waals surface area contributed by atoms with E-state index in [1.807, 2.05) is 35.2 Å². The molecule has 5 heteroatoms. The second-order valence-corrected chi connectivity index (χ2v) is 9.23. The highest BCUT2D eigenvalue weighted by Gasteiger charge is 2.31. The Morgan fingerprint density at radius 3 is 2.47 bits per heavy atom. The molecule has 0 spiro atoms. The Hall–Kier alpha value is -2.53. The molecule has 0 radical (unpaired) electrons. The lowest BCUT2D eigenvalue weighted by molar-refractivity contribution is 0.0930. The van der Waals surface area contributed by atoms with Crippen molar-refractivity contribution in [3.63, 3.8) is 0 Å². The number of rotatable bonds is 3. The lowest BCUT2D eigenvalue weighted by atomic mass is 9.80. The predicted octanol–water partition coefficient (Wildman–Crippen LogP) is 4.26. The largest absolute Gasteiger partial charge is 0.445 e. The van der Waals surface area contributed by atoms with Crippen LogP contribution in [0.25, 0.3) is 0 Å². The van der Waals surface area contributed by atoms with Crippen molar-refractivity contribution in [2.75, 3.05) is 44.7 Å². The van der Waals surface area contributed by atoms with Crippen molar-refractivity contribution in [2.45, 2.75) is 38.8 Å². The van der Waals surface area contributed by atoms with Crippen molar-refractivity contribution in [1.82, 2.24) is 9.80 Å². The van der Waals surface area contributed by atoms with E-state index >= 15 is 0 Å². The van der Waals surface area contributed by atoms with Crippen molar-refractivity contribution in [3.8, 4) is 0 Å². The van der Waals surface area contributed by atoms with E-state index in [1.165, 1.54) is 16.8 Å². The number of likely N-dealkylation sites (N-methyl/N-ethyl adjacent to an activating group) is 1. The predicted molar refractivity (Wildman–Crippen MR) is 121 cm³/mol. The number of piperazine rings is 1. The van der Waals surface area contributed by atoms with Gasteiger partial charge in [0.25, 0.3) is 0 Å². The highest BCUT2D eigenvalue weighted by molar-refractivity contribution is 5.68. The third kappa shape index (κ3) is 4.62. The SMILES string of the molecule is CN1CCN(c2ccc3c(c2)CN(C(=O)OCc2ccccc2)CCC3(C)C)CC1. The number of benzene rings is 2. The minimum absolute atomic E-state index is 0.0322. The van der Waals surface area contributed by atoms with Crippen molar-refractivity contribution in [3.05, 3.63) is 65.2 Å². The zero-order chi connectivity index (χ0) is 21.1. The van der Waals surface area contributed by atoms with Gasteiger partial charge in [0.05, 0.1) is 0 Å². The Labute approximate surface area is 180 Å². The van der Waals surface area contributed by atoms with Crippen LogP contribution < -0.4 is 4.90 Å². The van der Waals surface area contributed by atoms with Gasteiger partial charge in [-0.2, -0.15) is 0 Å². The molecule has 0 saturated carbocycles. The second kappa shape index (κ2) is 8.68. The Morgan fingerprint density at radius 1 is 1.00 bits per heavy atom. The average molecular weight is 408 g/mol. The molecule has 0 aliphatic carbocycles. The molecule has 2 aliphatic rings.